The van der Waals surface area contributed by atoms with Crippen molar-refractivity contribution < 1.29 is 14.6 Å². The van der Waals surface area contributed by atoms with Crippen molar-refractivity contribution in [2.24, 2.45) is 10.2 Å². The molecule has 7 heteroatoms. The van der Waals surface area contributed by atoms with E-state index in [1.165, 1.54) is 30.4 Å². The van der Waals surface area contributed by atoms with Crippen LogP contribution in [0, 0.1) is 5.82 Å². The molecule has 2 unspecified atom stereocenters. The zero-order valence-corrected chi connectivity index (χ0v) is 10.00. The van der Waals surface area contributed by atoms with E-state index in [1.54, 1.807) is 0 Å². The Hall–Kier alpha value is -1.57. The lowest BCUT2D eigenvalue weighted by Gasteiger charge is -2.25. The molecule has 2 atom stereocenters. The van der Waals surface area contributed by atoms with Crippen LogP contribution < -0.4 is 0 Å². The second kappa shape index (κ2) is 4.97. The lowest BCUT2D eigenvalue weighted by Crippen LogP contribution is -2.38. The van der Waals surface area contributed by atoms with Crippen LogP contribution in [0.2, 0.25) is 0 Å². The van der Waals surface area contributed by atoms with Crippen molar-refractivity contribution in [1.82, 2.24) is 4.98 Å². The average Bonchev–Trinajstić information content (AvgIpc) is 2.34. The summed E-state index contributed by atoms with van der Waals surface area (Å²) in [6, 6.07) is 2.48. The number of hydrogen-bond donors (Lipinski definition) is 3. The molecule has 2 N–H and O–H groups in total. The zero-order valence-electron chi connectivity index (χ0n) is 9.10. The molecular weight excluding hydrogens is 257 g/mol. The Bertz CT molecular complexity index is 530. The van der Waals surface area contributed by atoms with Gasteiger partial charge >= 0.3 is 0 Å². The maximum atomic E-state index is 12.6. The first-order valence-corrected chi connectivity index (χ1v) is 5.49. The third-order valence-electron chi connectivity index (χ3n) is 2.29. The lowest BCUT2D eigenvalue weighted by molar-refractivity contribution is -0.0135. The minimum absolute atomic E-state index is 0.131. The van der Waals surface area contributed by atoms with Crippen LogP contribution in [0.3, 0.4) is 0 Å². The molecule has 0 saturated heterocycles. The summed E-state index contributed by atoms with van der Waals surface area (Å²) < 4.78 is 12.6. The first kappa shape index (κ1) is 12.9. The summed E-state index contributed by atoms with van der Waals surface area (Å²) in [5.74, 6) is -0.362. The molecule has 0 amide bonds. The number of rotatable bonds is 2. The van der Waals surface area contributed by atoms with Gasteiger partial charge < -0.3 is 10.2 Å². The van der Waals surface area contributed by atoms with Crippen molar-refractivity contribution in [1.29, 1.82) is 0 Å². The first-order chi connectivity index (χ1) is 8.49. The third kappa shape index (κ3) is 2.81. The van der Waals surface area contributed by atoms with Crippen LogP contribution >= 0.6 is 12.6 Å². The summed E-state index contributed by atoms with van der Waals surface area (Å²) in [6.07, 6.45) is 3.83. The Balaban J connectivity index is 2.18. The van der Waals surface area contributed by atoms with Gasteiger partial charge in [0.15, 0.2) is 5.82 Å². The van der Waals surface area contributed by atoms with Crippen molar-refractivity contribution in [3.63, 3.8) is 0 Å². The molecule has 0 bridgehead atoms. The van der Waals surface area contributed by atoms with E-state index in [1.807, 2.05) is 0 Å². The van der Waals surface area contributed by atoms with E-state index in [0.717, 1.165) is 6.20 Å². The van der Waals surface area contributed by atoms with Gasteiger partial charge in [0.25, 0.3) is 0 Å². The quantitative estimate of drug-likeness (QED) is 0.564. The Morgan fingerprint density at radius 1 is 1.44 bits per heavy atom. The molecular formula is C11H10FN3O2S. The van der Waals surface area contributed by atoms with Crippen molar-refractivity contribution in [2.45, 2.75) is 11.8 Å². The topological polar surface area (TPSA) is 78.1 Å². The molecule has 18 heavy (non-hydrogen) atoms. The minimum Gasteiger partial charge on any atom is -0.383 e. The average molecular weight is 267 g/mol. The molecule has 0 aromatic carbocycles. The first-order valence-electron chi connectivity index (χ1n) is 5.04. The van der Waals surface area contributed by atoms with Crippen LogP contribution in [-0.4, -0.2) is 27.0 Å². The number of azo groups is 1. The molecule has 94 valence electrons. The van der Waals surface area contributed by atoms with E-state index >= 15 is 0 Å². The van der Waals surface area contributed by atoms with Crippen LogP contribution in [0.1, 0.15) is 0 Å². The van der Waals surface area contributed by atoms with Gasteiger partial charge in [-0.2, -0.15) is 0 Å². The highest BCUT2D eigenvalue weighted by molar-refractivity contribution is 7.84. The largest absolute Gasteiger partial charge is 0.383 e. The van der Waals surface area contributed by atoms with E-state index in [2.05, 4.69) is 27.8 Å². The highest BCUT2D eigenvalue weighted by atomic mass is 32.1. The van der Waals surface area contributed by atoms with Gasteiger partial charge in [0.05, 0.1) is 6.20 Å². The SMILES string of the molecule is OC1C=C(S)C=CC1(O)N=Nc1ccc(F)cn1. The van der Waals surface area contributed by atoms with Crippen LogP contribution in [0.4, 0.5) is 10.2 Å². The molecule has 0 radical (unpaired) electrons. The molecule has 1 aromatic heterocycles. The maximum Gasteiger partial charge on any atom is 0.226 e. The number of thiol groups is 1. The highest BCUT2D eigenvalue weighted by Crippen LogP contribution is 2.25. The van der Waals surface area contributed by atoms with Gasteiger partial charge in [-0.1, -0.05) is 0 Å². The molecule has 0 aliphatic heterocycles. The molecule has 1 aliphatic carbocycles. The Morgan fingerprint density at radius 2 is 2.22 bits per heavy atom. The van der Waals surface area contributed by atoms with Gasteiger partial charge in [0.2, 0.25) is 5.72 Å². The highest BCUT2D eigenvalue weighted by Gasteiger charge is 2.34. The number of aliphatic hydroxyl groups excluding tert-OH is 1. The monoisotopic (exact) mass is 267 g/mol. The van der Waals surface area contributed by atoms with E-state index in [4.69, 9.17) is 0 Å². The Labute approximate surface area is 108 Å². The summed E-state index contributed by atoms with van der Waals surface area (Å²) >= 11 is 4.02. The predicted molar refractivity (Wildman–Crippen MR) is 65.9 cm³/mol. The number of nitrogens with zero attached hydrogens (tertiary/aromatic N) is 3. The van der Waals surface area contributed by atoms with Crippen LogP contribution in [0.15, 0.2) is 51.7 Å². The number of halogens is 1. The van der Waals surface area contributed by atoms with Gasteiger partial charge in [-0.05, 0) is 30.4 Å². The molecule has 0 fully saturated rings. The normalized spacial score (nSPS) is 27.6. The second-order valence-corrected chi connectivity index (χ2v) is 4.20. The van der Waals surface area contributed by atoms with Crippen molar-refractivity contribution in [2.75, 3.05) is 0 Å². The van der Waals surface area contributed by atoms with Gasteiger partial charge in [-0.3, -0.25) is 0 Å². The number of hydrogen-bond acceptors (Lipinski definition) is 6. The second-order valence-electron chi connectivity index (χ2n) is 3.69. The van der Waals surface area contributed by atoms with E-state index in [-0.39, 0.29) is 5.82 Å². The Morgan fingerprint density at radius 3 is 2.83 bits per heavy atom. The smallest absolute Gasteiger partial charge is 0.226 e. The maximum absolute atomic E-state index is 12.6. The van der Waals surface area contributed by atoms with Gasteiger partial charge in [-0.15, -0.1) is 22.9 Å². The van der Waals surface area contributed by atoms with Gasteiger partial charge in [-0.25, -0.2) is 9.37 Å². The molecule has 1 aromatic rings. The summed E-state index contributed by atoms with van der Waals surface area (Å²) in [5.41, 5.74) is -1.86. The molecule has 0 saturated carbocycles. The van der Waals surface area contributed by atoms with E-state index in [0.29, 0.717) is 4.91 Å². The Kier molecular flexibility index (Phi) is 3.55. The molecule has 2 rings (SSSR count). The van der Waals surface area contributed by atoms with Gasteiger partial charge in [0, 0.05) is 4.91 Å². The lowest BCUT2D eigenvalue weighted by atomic mass is 10.0. The fraction of sp³-hybridized carbons (Fsp3) is 0.182. The fourth-order valence-electron chi connectivity index (χ4n) is 1.30. The van der Waals surface area contributed by atoms with Crippen molar-refractivity contribution >= 4 is 18.4 Å². The third-order valence-corrected chi connectivity index (χ3v) is 2.59. The van der Waals surface area contributed by atoms with Crippen LogP contribution in [-0.2, 0) is 0 Å². The number of aliphatic hydroxyl groups is 2. The van der Waals surface area contributed by atoms with E-state index in [9.17, 15) is 14.6 Å². The predicted octanol–water partition coefficient (Wildman–Crippen LogP) is 1.74. The summed E-state index contributed by atoms with van der Waals surface area (Å²) in [4.78, 5) is 4.17. The standard InChI is InChI=1S/C11H10FN3O2S/c12-7-1-2-10(13-6-7)14-15-11(17)4-3-8(18)5-9(11)16/h1-6,9,16-18H. The summed E-state index contributed by atoms with van der Waals surface area (Å²) in [7, 11) is 0. The fourth-order valence-corrected chi connectivity index (χ4v) is 1.51. The molecule has 1 aliphatic rings. The van der Waals surface area contributed by atoms with Crippen molar-refractivity contribution in [3.8, 4) is 0 Å². The minimum atomic E-state index is -1.86. The number of allylic oxidation sites excluding steroid dienone is 1. The van der Waals surface area contributed by atoms with E-state index < -0.39 is 17.6 Å². The zero-order chi connectivity index (χ0) is 13.2. The van der Waals surface area contributed by atoms with Gasteiger partial charge in [0.1, 0.15) is 11.9 Å². The van der Waals surface area contributed by atoms with Crippen molar-refractivity contribution in [3.05, 3.63) is 47.3 Å². The van der Waals surface area contributed by atoms with Crippen LogP contribution in [0.25, 0.3) is 0 Å². The molecule has 0 spiro atoms. The number of pyridine rings is 1. The summed E-state index contributed by atoms with van der Waals surface area (Å²) in [5, 5.41) is 26.9. The summed E-state index contributed by atoms with van der Waals surface area (Å²) in [6.45, 7) is 0. The molecule has 5 nitrogen and oxygen atoms in total. The van der Waals surface area contributed by atoms with Crippen LogP contribution in [0.5, 0.6) is 0 Å². The number of aromatic nitrogens is 1. The molecule has 1 heterocycles.